The van der Waals surface area contributed by atoms with Gasteiger partial charge in [-0.15, -0.1) is 0 Å². The van der Waals surface area contributed by atoms with Crippen LogP contribution in [0.3, 0.4) is 0 Å². The van der Waals surface area contributed by atoms with Gasteiger partial charge in [0.2, 0.25) is 0 Å². The molecule has 2 aliphatic heterocycles. The van der Waals surface area contributed by atoms with Gasteiger partial charge in [-0.05, 0) is 44.7 Å². The first-order valence-electron chi connectivity index (χ1n) is 7.98. The Morgan fingerprint density at radius 2 is 1.95 bits per heavy atom. The third-order valence-electron chi connectivity index (χ3n) is 4.83. The lowest BCUT2D eigenvalue weighted by molar-refractivity contribution is -0.139. The van der Waals surface area contributed by atoms with Gasteiger partial charge in [0.25, 0.3) is 5.91 Å². The molecule has 2 saturated heterocycles. The van der Waals surface area contributed by atoms with E-state index in [4.69, 9.17) is 16.3 Å². The van der Waals surface area contributed by atoms with E-state index in [-0.39, 0.29) is 5.91 Å². The third kappa shape index (κ3) is 3.23. The van der Waals surface area contributed by atoms with Crippen molar-refractivity contribution in [3.05, 3.63) is 29.3 Å². The Labute approximate surface area is 136 Å². The van der Waals surface area contributed by atoms with Gasteiger partial charge in [0.15, 0.2) is 6.10 Å². The van der Waals surface area contributed by atoms with Crippen molar-refractivity contribution in [2.24, 2.45) is 0 Å². The summed E-state index contributed by atoms with van der Waals surface area (Å²) in [5.41, 5.74) is 0. The normalized spacial score (nSPS) is 28.2. The van der Waals surface area contributed by atoms with Crippen LogP contribution in [0.1, 0.15) is 32.6 Å². The number of likely N-dealkylation sites (N-methyl/N-ethyl adjacent to an activating group) is 1. The number of amides is 1. The molecular formula is C17H23ClN2O2. The molecule has 3 atom stereocenters. The molecule has 4 nitrogen and oxygen atoms in total. The molecule has 2 aliphatic rings. The molecule has 3 unspecified atom stereocenters. The van der Waals surface area contributed by atoms with Crippen LogP contribution in [0.4, 0.5) is 0 Å². The van der Waals surface area contributed by atoms with Gasteiger partial charge in [-0.1, -0.05) is 23.7 Å². The molecular weight excluding hydrogens is 300 g/mol. The van der Waals surface area contributed by atoms with Crippen LogP contribution in [0.15, 0.2) is 24.3 Å². The maximum atomic E-state index is 12.6. The molecule has 0 radical (unpaired) electrons. The quantitative estimate of drug-likeness (QED) is 0.926. The monoisotopic (exact) mass is 322 g/mol. The molecule has 22 heavy (non-hydrogen) atoms. The topological polar surface area (TPSA) is 41.6 Å². The van der Waals surface area contributed by atoms with Gasteiger partial charge in [-0.2, -0.15) is 0 Å². The Morgan fingerprint density at radius 1 is 1.32 bits per heavy atom. The Kier molecular flexibility index (Phi) is 4.59. The lowest BCUT2D eigenvalue weighted by atomic mass is 9.98. The zero-order chi connectivity index (χ0) is 15.7. The summed E-state index contributed by atoms with van der Waals surface area (Å²) in [6.07, 6.45) is 4.01. The summed E-state index contributed by atoms with van der Waals surface area (Å²) in [4.78, 5) is 14.5. The maximum absolute atomic E-state index is 12.6. The minimum Gasteiger partial charge on any atom is -0.479 e. The zero-order valence-electron chi connectivity index (χ0n) is 13.1. The number of nitrogens with zero attached hydrogens (tertiary/aromatic N) is 1. The van der Waals surface area contributed by atoms with Crippen molar-refractivity contribution in [2.45, 2.75) is 56.8 Å². The number of benzene rings is 1. The lowest BCUT2D eigenvalue weighted by Crippen LogP contribution is -2.51. The summed E-state index contributed by atoms with van der Waals surface area (Å²) in [5, 5.41) is 4.14. The van der Waals surface area contributed by atoms with Crippen molar-refractivity contribution < 1.29 is 9.53 Å². The first-order chi connectivity index (χ1) is 10.5. The largest absolute Gasteiger partial charge is 0.479 e. The number of hydrogen-bond acceptors (Lipinski definition) is 3. The average molecular weight is 323 g/mol. The molecule has 0 saturated carbocycles. The highest BCUT2D eigenvalue weighted by atomic mass is 35.5. The molecule has 0 spiro atoms. The van der Waals surface area contributed by atoms with Gasteiger partial charge in [0, 0.05) is 25.2 Å². The van der Waals surface area contributed by atoms with Crippen molar-refractivity contribution in [3.63, 3.8) is 0 Å². The summed E-state index contributed by atoms with van der Waals surface area (Å²) in [6, 6.07) is 8.70. The van der Waals surface area contributed by atoms with Crippen molar-refractivity contribution in [3.8, 4) is 5.75 Å². The summed E-state index contributed by atoms with van der Waals surface area (Å²) < 4.78 is 5.75. The van der Waals surface area contributed by atoms with Crippen molar-refractivity contribution in [2.75, 3.05) is 7.05 Å². The molecule has 1 aromatic carbocycles. The number of nitrogens with one attached hydrogen (secondary N) is 1. The summed E-state index contributed by atoms with van der Waals surface area (Å²) in [5.74, 6) is 0.579. The highest BCUT2D eigenvalue weighted by Crippen LogP contribution is 2.30. The first kappa shape index (κ1) is 15.6. The van der Waals surface area contributed by atoms with Gasteiger partial charge in [-0.3, -0.25) is 4.79 Å². The number of carbonyl (C=O) groups is 1. The van der Waals surface area contributed by atoms with E-state index in [9.17, 15) is 4.79 Å². The van der Waals surface area contributed by atoms with Gasteiger partial charge in [0.1, 0.15) is 5.75 Å². The Hall–Kier alpha value is -1.26. The standard InChI is InChI=1S/C17H23ClN2O2/c1-11(22-16-6-4-3-5-15(16)18)17(21)20(2)14-9-12-7-8-13(10-14)19-12/h3-6,11-14,19H,7-10H2,1-2H3. The van der Waals surface area contributed by atoms with Crippen LogP contribution in [-0.4, -0.2) is 42.1 Å². The number of piperidine rings is 1. The average Bonchev–Trinajstić information content (AvgIpc) is 2.86. The number of para-hydroxylation sites is 1. The maximum Gasteiger partial charge on any atom is 0.263 e. The molecule has 120 valence electrons. The molecule has 0 aliphatic carbocycles. The Balaban J connectivity index is 1.61. The fourth-order valence-electron chi connectivity index (χ4n) is 3.59. The fourth-order valence-corrected chi connectivity index (χ4v) is 3.77. The molecule has 1 amide bonds. The SMILES string of the molecule is CC(Oc1ccccc1Cl)C(=O)N(C)C1CC2CCC(C1)N2. The van der Waals surface area contributed by atoms with E-state index in [0.29, 0.717) is 28.9 Å². The molecule has 1 aromatic rings. The number of ether oxygens (including phenoxy) is 1. The molecule has 3 rings (SSSR count). The van der Waals surface area contributed by atoms with Crippen LogP contribution >= 0.6 is 11.6 Å². The second kappa shape index (κ2) is 6.47. The van der Waals surface area contributed by atoms with Crippen molar-refractivity contribution in [1.82, 2.24) is 10.2 Å². The van der Waals surface area contributed by atoms with E-state index in [1.807, 2.05) is 24.1 Å². The molecule has 2 fully saturated rings. The molecule has 0 aromatic heterocycles. The minimum atomic E-state index is -0.530. The highest BCUT2D eigenvalue weighted by Gasteiger charge is 2.37. The van der Waals surface area contributed by atoms with E-state index in [0.717, 1.165) is 12.8 Å². The number of hydrogen-bond donors (Lipinski definition) is 1. The number of rotatable bonds is 4. The predicted octanol–water partition coefficient (Wildman–Crippen LogP) is 2.85. The van der Waals surface area contributed by atoms with E-state index < -0.39 is 6.10 Å². The van der Waals surface area contributed by atoms with E-state index in [1.165, 1.54) is 12.8 Å². The van der Waals surface area contributed by atoms with Crippen molar-refractivity contribution >= 4 is 17.5 Å². The Bertz CT molecular complexity index is 539. The highest BCUT2D eigenvalue weighted by molar-refractivity contribution is 6.32. The van der Waals surface area contributed by atoms with E-state index in [1.54, 1.807) is 19.1 Å². The smallest absolute Gasteiger partial charge is 0.263 e. The van der Waals surface area contributed by atoms with Gasteiger partial charge in [-0.25, -0.2) is 0 Å². The summed E-state index contributed by atoms with van der Waals surface area (Å²) in [6.45, 7) is 1.79. The van der Waals surface area contributed by atoms with Crippen LogP contribution in [0.25, 0.3) is 0 Å². The molecule has 2 bridgehead atoms. The Morgan fingerprint density at radius 3 is 2.59 bits per heavy atom. The molecule has 5 heteroatoms. The van der Waals surface area contributed by atoms with E-state index >= 15 is 0 Å². The van der Waals surface area contributed by atoms with E-state index in [2.05, 4.69) is 5.32 Å². The fraction of sp³-hybridized carbons (Fsp3) is 0.588. The minimum absolute atomic E-state index is 0.0196. The second-order valence-corrected chi connectivity index (χ2v) is 6.81. The zero-order valence-corrected chi connectivity index (χ0v) is 13.8. The van der Waals surface area contributed by atoms with Crippen LogP contribution in [0.2, 0.25) is 5.02 Å². The second-order valence-electron chi connectivity index (χ2n) is 6.40. The number of carbonyl (C=O) groups excluding carboxylic acids is 1. The van der Waals surface area contributed by atoms with Crippen LogP contribution in [-0.2, 0) is 4.79 Å². The summed E-state index contributed by atoms with van der Waals surface area (Å²) in [7, 11) is 1.89. The molecule has 2 heterocycles. The predicted molar refractivity (Wildman–Crippen MR) is 87.3 cm³/mol. The van der Waals surface area contributed by atoms with Crippen LogP contribution in [0, 0.1) is 0 Å². The van der Waals surface area contributed by atoms with Crippen LogP contribution in [0.5, 0.6) is 5.75 Å². The van der Waals surface area contributed by atoms with Gasteiger partial charge < -0.3 is 15.0 Å². The summed E-state index contributed by atoms with van der Waals surface area (Å²) >= 11 is 6.09. The number of fused-ring (bicyclic) bond motifs is 2. The van der Waals surface area contributed by atoms with Gasteiger partial charge in [0.05, 0.1) is 5.02 Å². The van der Waals surface area contributed by atoms with Crippen molar-refractivity contribution in [1.29, 1.82) is 0 Å². The van der Waals surface area contributed by atoms with Gasteiger partial charge >= 0.3 is 0 Å². The lowest BCUT2D eigenvalue weighted by Gasteiger charge is -2.36. The third-order valence-corrected chi connectivity index (χ3v) is 5.14. The van der Waals surface area contributed by atoms with Crippen LogP contribution < -0.4 is 10.1 Å². The first-order valence-corrected chi connectivity index (χ1v) is 8.36. The molecule has 1 N–H and O–H groups in total. The number of halogens is 1.